The quantitative estimate of drug-likeness (QED) is 0.429. The molecule has 0 saturated heterocycles. The maximum absolute atomic E-state index is 2.34. The second-order valence-electron chi connectivity index (χ2n) is 2.34. The standard InChI is InChI=1S/C7H8/c1-5-6-2-3-7(5)4-6/h2H,3-4H2,1H3. The van der Waals surface area contributed by atoms with E-state index >= 15 is 0 Å². The molecule has 3 rings (SSSR count). The Morgan fingerprint density at radius 3 is 2.57 bits per heavy atom. The molecule has 36 valence electrons. The Kier molecular flexibility index (Phi) is 0.415. The van der Waals surface area contributed by atoms with Crippen LogP contribution in [-0.4, -0.2) is 0 Å². The van der Waals surface area contributed by atoms with Crippen LogP contribution in [0.3, 0.4) is 0 Å². The Morgan fingerprint density at radius 2 is 2.43 bits per heavy atom. The molecule has 3 aliphatic carbocycles. The minimum atomic E-state index is 1.27. The molecule has 0 saturated carbocycles. The summed E-state index contributed by atoms with van der Waals surface area (Å²) in [5.41, 5.74) is 4.87. The van der Waals surface area contributed by atoms with Crippen molar-refractivity contribution < 1.29 is 0 Å². The van der Waals surface area contributed by atoms with E-state index in [0.717, 1.165) is 0 Å². The van der Waals surface area contributed by atoms with Gasteiger partial charge in [0.1, 0.15) is 0 Å². The summed E-state index contributed by atoms with van der Waals surface area (Å²) in [4.78, 5) is 0. The normalized spacial score (nSPS) is 25.0. The van der Waals surface area contributed by atoms with Crippen LogP contribution >= 0.6 is 0 Å². The van der Waals surface area contributed by atoms with E-state index in [1.807, 2.05) is 0 Å². The molecular formula is C7H8. The van der Waals surface area contributed by atoms with Gasteiger partial charge in [-0.1, -0.05) is 11.6 Å². The van der Waals surface area contributed by atoms with Crippen LogP contribution in [0.4, 0.5) is 0 Å². The third kappa shape index (κ3) is 0.244. The summed E-state index contributed by atoms with van der Waals surface area (Å²) in [5, 5.41) is 0. The average Bonchev–Trinajstić information content (AvgIpc) is 2.18. The lowest BCUT2D eigenvalue weighted by molar-refractivity contribution is 1.02. The van der Waals surface area contributed by atoms with E-state index in [4.69, 9.17) is 0 Å². The van der Waals surface area contributed by atoms with E-state index in [2.05, 4.69) is 13.0 Å². The van der Waals surface area contributed by atoms with Gasteiger partial charge < -0.3 is 0 Å². The molecule has 0 aromatic heterocycles. The Labute approximate surface area is 43.5 Å². The Morgan fingerprint density at radius 1 is 1.57 bits per heavy atom. The molecular weight excluding hydrogens is 84.1 g/mol. The summed E-state index contributed by atoms with van der Waals surface area (Å²) in [7, 11) is 0. The fourth-order valence-corrected chi connectivity index (χ4v) is 1.31. The van der Waals surface area contributed by atoms with Crippen LogP contribution in [0.2, 0.25) is 0 Å². The highest BCUT2D eigenvalue weighted by atomic mass is 14.3. The Balaban J connectivity index is 2.59. The van der Waals surface area contributed by atoms with E-state index in [9.17, 15) is 0 Å². The molecule has 0 fully saturated rings. The van der Waals surface area contributed by atoms with E-state index in [-0.39, 0.29) is 0 Å². The molecule has 3 aliphatic rings. The lowest BCUT2D eigenvalue weighted by atomic mass is 9.91. The third-order valence-electron chi connectivity index (χ3n) is 2.01. The average molecular weight is 92.1 g/mol. The van der Waals surface area contributed by atoms with Crippen molar-refractivity contribution in [1.29, 1.82) is 0 Å². The first-order valence-electron chi connectivity index (χ1n) is 2.76. The van der Waals surface area contributed by atoms with Gasteiger partial charge in [0.25, 0.3) is 0 Å². The van der Waals surface area contributed by atoms with Crippen LogP contribution in [0.1, 0.15) is 19.8 Å². The molecule has 0 nitrogen and oxygen atoms in total. The lowest BCUT2D eigenvalue weighted by Crippen LogP contribution is -1.95. The van der Waals surface area contributed by atoms with Crippen molar-refractivity contribution in [1.82, 2.24) is 0 Å². The molecule has 0 atom stereocenters. The predicted octanol–water partition coefficient (Wildman–Crippen LogP) is 2.04. The van der Waals surface area contributed by atoms with Crippen molar-refractivity contribution in [2.45, 2.75) is 19.8 Å². The van der Waals surface area contributed by atoms with Crippen LogP contribution < -0.4 is 0 Å². The monoisotopic (exact) mass is 92.1 g/mol. The Bertz CT molecular complexity index is 160. The predicted molar refractivity (Wildman–Crippen MR) is 30.0 cm³/mol. The minimum Gasteiger partial charge on any atom is -0.0766 e. The molecule has 0 heteroatoms. The highest BCUT2D eigenvalue weighted by molar-refractivity contribution is 5.53. The summed E-state index contributed by atoms with van der Waals surface area (Å²) in [6.07, 6.45) is 4.91. The van der Waals surface area contributed by atoms with Gasteiger partial charge in [-0.2, -0.15) is 0 Å². The molecule has 0 spiro atoms. The third-order valence-corrected chi connectivity index (χ3v) is 2.01. The summed E-state index contributed by atoms with van der Waals surface area (Å²) in [6.45, 7) is 2.22. The second kappa shape index (κ2) is 0.835. The molecule has 0 amide bonds. The van der Waals surface area contributed by atoms with Crippen LogP contribution in [-0.2, 0) is 0 Å². The van der Waals surface area contributed by atoms with E-state index in [0.29, 0.717) is 0 Å². The maximum atomic E-state index is 2.34. The molecule has 0 aliphatic heterocycles. The number of fused-ring (bicyclic) bond motifs is 1. The minimum absolute atomic E-state index is 1.27. The second-order valence-corrected chi connectivity index (χ2v) is 2.34. The first kappa shape index (κ1) is 3.48. The van der Waals surface area contributed by atoms with E-state index in [1.54, 1.807) is 16.7 Å². The van der Waals surface area contributed by atoms with Gasteiger partial charge >= 0.3 is 0 Å². The zero-order valence-corrected chi connectivity index (χ0v) is 4.49. The SMILES string of the molecule is CC1=C2CC=C1C2. The van der Waals surface area contributed by atoms with Gasteiger partial charge in [-0.25, -0.2) is 0 Å². The molecule has 2 bridgehead atoms. The summed E-state index contributed by atoms with van der Waals surface area (Å²) < 4.78 is 0. The highest BCUT2D eigenvalue weighted by Gasteiger charge is 2.23. The fourth-order valence-electron chi connectivity index (χ4n) is 1.31. The molecule has 0 N–H and O–H groups in total. The summed E-state index contributed by atoms with van der Waals surface area (Å²) >= 11 is 0. The van der Waals surface area contributed by atoms with E-state index in [1.165, 1.54) is 12.8 Å². The fraction of sp³-hybridized carbons (Fsp3) is 0.429. The van der Waals surface area contributed by atoms with Crippen molar-refractivity contribution in [3.63, 3.8) is 0 Å². The lowest BCUT2D eigenvalue weighted by Gasteiger charge is -2.14. The number of hydrogen-bond donors (Lipinski definition) is 0. The van der Waals surface area contributed by atoms with Gasteiger partial charge in [-0.05, 0) is 30.9 Å². The van der Waals surface area contributed by atoms with Crippen molar-refractivity contribution in [3.05, 3.63) is 22.8 Å². The van der Waals surface area contributed by atoms with Crippen molar-refractivity contribution in [3.8, 4) is 0 Å². The topological polar surface area (TPSA) is 0 Å². The zero-order chi connectivity index (χ0) is 4.85. The highest BCUT2D eigenvalue weighted by Crippen LogP contribution is 2.42. The van der Waals surface area contributed by atoms with Crippen molar-refractivity contribution in [2.24, 2.45) is 0 Å². The largest absolute Gasteiger partial charge is 0.0766 e. The van der Waals surface area contributed by atoms with Gasteiger partial charge in [0.05, 0.1) is 0 Å². The van der Waals surface area contributed by atoms with E-state index < -0.39 is 0 Å². The molecule has 0 unspecified atom stereocenters. The van der Waals surface area contributed by atoms with Crippen LogP contribution in [0.15, 0.2) is 22.8 Å². The van der Waals surface area contributed by atoms with Gasteiger partial charge in [-0.3, -0.25) is 0 Å². The van der Waals surface area contributed by atoms with Crippen LogP contribution in [0.5, 0.6) is 0 Å². The van der Waals surface area contributed by atoms with Gasteiger partial charge in [0.2, 0.25) is 0 Å². The zero-order valence-electron chi connectivity index (χ0n) is 4.49. The Hall–Kier alpha value is -0.520. The molecule has 0 radical (unpaired) electrons. The molecule has 0 heterocycles. The summed E-state index contributed by atoms with van der Waals surface area (Å²) in [6, 6.07) is 0. The molecule has 0 aromatic carbocycles. The number of allylic oxidation sites excluding steroid dienone is 4. The maximum Gasteiger partial charge on any atom is -0.00586 e. The molecule has 7 heavy (non-hydrogen) atoms. The number of rotatable bonds is 0. The number of hydrogen-bond acceptors (Lipinski definition) is 0. The van der Waals surface area contributed by atoms with Crippen molar-refractivity contribution >= 4 is 0 Å². The van der Waals surface area contributed by atoms with Gasteiger partial charge in [0, 0.05) is 0 Å². The first-order valence-corrected chi connectivity index (χ1v) is 2.76. The van der Waals surface area contributed by atoms with Crippen LogP contribution in [0.25, 0.3) is 0 Å². The van der Waals surface area contributed by atoms with Crippen molar-refractivity contribution in [2.75, 3.05) is 0 Å². The smallest absolute Gasteiger partial charge is 0.00586 e. The van der Waals surface area contributed by atoms with Crippen LogP contribution in [0, 0.1) is 0 Å². The summed E-state index contributed by atoms with van der Waals surface area (Å²) in [5.74, 6) is 0. The molecule has 0 aromatic rings. The van der Waals surface area contributed by atoms with Gasteiger partial charge in [-0.15, -0.1) is 0 Å². The van der Waals surface area contributed by atoms with Gasteiger partial charge in [0.15, 0.2) is 0 Å². The first-order chi connectivity index (χ1) is 3.38.